The maximum Gasteiger partial charge on any atom is 0.257 e. The summed E-state index contributed by atoms with van der Waals surface area (Å²) in [6.45, 7) is 2.13. The second-order valence-electron chi connectivity index (χ2n) is 4.74. The first-order valence-electron chi connectivity index (χ1n) is 6.26. The summed E-state index contributed by atoms with van der Waals surface area (Å²) in [7, 11) is 0. The molecule has 1 N–H and O–H groups in total. The molecule has 102 valence electrons. The molecule has 1 fully saturated rings. The smallest absolute Gasteiger partial charge is 0.257 e. The molecule has 1 amide bonds. The minimum absolute atomic E-state index is 0.0596. The standard InChI is InChI=1S/C14H16ClNO3/c1-9(17)11-4-5-13(12(15)6-11)19-8-14(18)16-7-10-2-3-10/h4-6,10H,2-3,7-8H2,1H3,(H,16,18). The lowest BCUT2D eigenvalue weighted by atomic mass is 10.1. The summed E-state index contributed by atoms with van der Waals surface area (Å²) in [6.07, 6.45) is 2.39. The van der Waals surface area contributed by atoms with E-state index in [2.05, 4.69) is 5.32 Å². The van der Waals surface area contributed by atoms with E-state index in [0.29, 0.717) is 22.3 Å². The summed E-state index contributed by atoms with van der Waals surface area (Å²) in [6, 6.07) is 4.78. The first kappa shape index (κ1) is 13.9. The molecule has 1 aromatic rings. The van der Waals surface area contributed by atoms with Gasteiger partial charge in [-0.15, -0.1) is 0 Å². The number of carbonyl (C=O) groups excluding carboxylic acids is 2. The highest BCUT2D eigenvalue weighted by atomic mass is 35.5. The van der Waals surface area contributed by atoms with Gasteiger partial charge in [-0.25, -0.2) is 0 Å². The zero-order chi connectivity index (χ0) is 13.8. The molecule has 1 saturated carbocycles. The van der Waals surface area contributed by atoms with Gasteiger partial charge < -0.3 is 10.1 Å². The molecule has 5 heteroatoms. The molecule has 0 unspecified atom stereocenters. The van der Waals surface area contributed by atoms with Crippen LogP contribution in [-0.2, 0) is 4.79 Å². The van der Waals surface area contributed by atoms with Crippen LogP contribution in [0.25, 0.3) is 0 Å². The summed E-state index contributed by atoms with van der Waals surface area (Å²) in [5.41, 5.74) is 0.524. The van der Waals surface area contributed by atoms with E-state index in [1.54, 1.807) is 18.2 Å². The van der Waals surface area contributed by atoms with Crippen LogP contribution < -0.4 is 10.1 Å². The Kier molecular flexibility index (Phi) is 4.43. The molecule has 0 heterocycles. The van der Waals surface area contributed by atoms with Crippen molar-refractivity contribution in [3.63, 3.8) is 0 Å². The van der Waals surface area contributed by atoms with E-state index in [1.165, 1.54) is 19.8 Å². The third kappa shape index (κ3) is 4.24. The maximum absolute atomic E-state index is 11.5. The third-order valence-corrected chi connectivity index (χ3v) is 3.28. The third-order valence-electron chi connectivity index (χ3n) is 2.98. The number of amides is 1. The van der Waals surface area contributed by atoms with Crippen LogP contribution in [-0.4, -0.2) is 24.8 Å². The van der Waals surface area contributed by atoms with Crippen LogP contribution in [0.1, 0.15) is 30.1 Å². The number of carbonyl (C=O) groups is 2. The van der Waals surface area contributed by atoms with Crippen molar-refractivity contribution < 1.29 is 14.3 Å². The van der Waals surface area contributed by atoms with E-state index in [0.717, 1.165) is 6.54 Å². The Balaban J connectivity index is 1.84. The van der Waals surface area contributed by atoms with Crippen LogP contribution in [0.3, 0.4) is 0 Å². The van der Waals surface area contributed by atoms with Gasteiger partial charge in [0.25, 0.3) is 5.91 Å². The zero-order valence-electron chi connectivity index (χ0n) is 10.7. The molecule has 0 saturated heterocycles. The number of halogens is 1. The van der Waals surface area contributed by atoms with Crippen molar-refractivity contribution in [2.45, 2.75) is 19.8 Å². The molecule has 1 aliphatic carbocycles. The summed E-state index contributed by atoms with van der Waals surface area (Å²) in [4.78, 5) is 22.7. The Morgan fingerprint density at radius 3 is 2.74 bits per heavy atom. The molecular formula is C14H16ClNO3. The Morgan fingerprint density at radius 2 is 2.16 bits per heavy atom. The molecule has 0 radical (unpaired) electrons. The summed E-state index contributed by atoms with van der Waals surface area (Å²) >= 11 is 5.99. The molecule has 4 nitrogen and oxygen atoms in total. The van der Waals surface area contributed by atoms with E-state index >= 15 is 0 Å². The first-order chi connectivity index (χ1) is 9.06. The monoisotopic (exact) mass is 281 g/mol. The number of nitrogens with one attached hydrogen (secondary N) is 1. The van der Waals surface area contributed by atoms with Crippen LogP contribution in [0.15, 0.2) is 18.2 Å². The molecule has 2 rings (SSSR count). The Hall–Kier alpha value is -1.55. The number of rotatable bonds is 6. The Labute approximate surface area is 117 Å². The highest BCUT2D eigenvalue weighted by Gasteiger charge is 2.21. The fourth-order valence-corrected chi connectivity index (χ4v) is 1.85. The van der Waals surface area contributed by atoms with Crippen LogP contribution >= 0.6 is 11.6 Å². The minimum Gasteiger partial charge on any atom is -0.482 e. The summed E-state index contributed by atoms with van der Waals surface area (Å²) < 4.78 is 5.33. The molecule has 0 aliphatic heterocycles. The number of hydrogen-bond acceptors (Lipinski definition) is 3. The highest BCUT2D eigenvalue weighted by Crippen LogP contribution is 2.27. The Bertz CT molecular complexity index is 497. The quantitative estimate of drug-likeness (QED) is 0.815. The molecular weight excluding hydrogens is 266 g/mol. The van der Waals surface area contributed by atoms with E-state index < -0.39 is 0 Å². The SMILES string of the molecule is CC(=O)c1ccc(OCC(=O)NCC2CC2)c(Cl)c1. The second-order valence-corrected chi connectivity index (χ2v) is 5.14. The van der Waals surface area contributed by atoms with Crippen molar-refractivity contribution in [3.8, 4) is 5.75 Å². The topological polar surface area (TPSA) is 55.4 Å². The molecule has 1 aromatic carbocycles. The largest absolute Gasteiger partial charge is 0.482 e. The fraction of sp³-hybridized carbons (Fsp3) is 0.429. The average Bonchev–Trinajstić information content (AvgIpc) is 3.18. The molecule has 1 aliphatic rings. The number of benzene rings is 1. The minimum atomic E-state index is -0.154. The van der Waals surface area contributed by atoms with Gasteiger partial charge in [0.05, 0.1) is 5.02 Å². The van der Waals surface area contributed by atoms with Gasteiger partial charge in [0.1, 0.15) is 5.75 Å². The summed E-state index contributed by atoms with van der Waals surface area (Å²) in [5.74, 6) is 0.838. The number of ether oxygens (including phenoxy) is 1. The second kappa shape index (κ2) is 6.06. The lowest BCUT2D eigenvalue weighted by Gasteiger charge is -2.09. The highest BCUT2D eigenvalue weighted by molar-refractivity contribution is 6.32. The lowest BCUT2D eigenvalue weighted by molar-refractivity contribution is -0.123. The molecule has 0 bridgehead atoms. The van der Waals surface area contributed by atoms with Crippen LogP contribution in [0.5, 0.6) is 5.75 Å². The van der Waals surface area contributed by atoms with Gasteiger partial charge in [-0.3, -0.25) is 9.59 Å². The molecule has 0 aromatic heterocycles. The van der Waals surface area contributed by atoms with Crippen LogP contribution in [0.4, 0.5) is 0 Å². The zero-order valence-corrected chi connectivity index (χ0v) is 11.5. The van der Waals surface area contributed by atoms with Crippen molar-refractivity contribution in [1.82, 2.24) is 5.32 Å². The van der Waals surface area contributed by atoms with Gasteiger partial charge in [0.15, 0.2) is 12.4 Å². The maximum atomic E-state index is 11.5. The first-order valence-corrected chi connectivity index (χ1v) is 6.64. The van der Waals surface area contributed by atoms with E-state index in [-0.39, 0.29) is 18.3 Å². The van der Waals surface area contributed by atoms with Gasteiger partial charge in [-0.1, -0.05) is 11.6 Å². The lowest BCUT2D eigenvalue weighted by Crippen LogP contribution is -2.30. The van der Waals surface area contributed by atoms with Crippen molar-refractivity contribution in [2.24, 2.45) is 5.92 Å². The van der Waals surface area contributed by atoms with Gasteiger partial charge in [0.2, 0.25) is 0 Å². The average molecular weight is 282 g/mol. The van der Waals surface area contributed by atoms with Crippen molar-refractivity contribution in [3.05, 3.63) is 28.8 Å². The predicted molar refractivity (Wildman–Crippen MR) is 72.7 cm³/mol. The summed E-state index contributed by atoms with van der Waals surface area (Å²) in [5, 5.41) is 3.14. The van der Waals surface area contributed by atoms with E-state index in [4.69, 9.17) is 16.3 Å². The van der Waals surface area contributed by atoms with Crippen molar-refractivity contribution in [2.75, 3.05) is 13.2 Å². The molecule has 19 heavy (non-hydrogen) atoms. The normalized spacial score (nSPS) is 14.0. The number of ketones is 1. The van der Waals surface area contributed by atoms with E-state index in [9.17, 15) is 9.59 Å². The van der Waals surface area contributed by atoms with Gasteiger partial charge in [-0.05, 0) is 43.9 Å². The van der Waals surface area contributed by atoms with E-state index in [1.807, 2.05) is 0 Å². The van der Waals surface area contributed by atoms with Crippen molar-refractivity contribution >= 4 is 23.3 Å². The van der Waals surface area contributed by atoms with Crippen LogP contribution in [0, 0.1) is 5.92 Å². The molecule has 0 spiro atoms. The fourth-order valence-electron chi connectivity index (χ4n) is 1.61. The van der Waals surface area contributed by atoms with Crippen LogP contribution in [0.2, 0.25) is 5.02 Å². The van der Waals surface area contributed by atoms with Gasteiger partial charge in [-0.2, -0.15) is 0 Å². The number of hydrogen-bond donors (Lipinski definition) is 1. The predicted octanol–water partition coefficient (Wildman–Crippen LogP) is 2.45. The van der Waals surface area contributed by atoms with Gasteiger partial charge in [0, 0.05) is 12.1 Å². The van der Waals surface area contributed by atoms with Gasteiger partial charge >= 0.3 is 0 Å². The molecule has 0 atom stereocenters. The number of Topliss-reactive ketones (excluding diaryl/α,β-unsaturated/α-hetero) is 1. The Morgan fingerprint density at radius 1 is 1.42 bits per heavy atom. The van der Waals surface area contributed by atoms with Crippen molar-refractivity contribution in [1.29, 1.82) is 0 Å².